The van der Waals surface area contributed by atoms with Gasteiger partial charge in [-0.3, -0.25) is 0 Å². The molecule has 2 nitrogen and oxygen atoms in total. The standard InChI is InChI=1S/C18H26N2/c1-5-10-19-16(4)18-7-6-11-20(18)13-17-9-8-14(2)15(3)12-17/h6-9,11-12,16,19H,5,10,13H2,1-4H3. The highest BCUT2D eigenvalue weighted by molar-refractivity contribution is 5.30. The van der Waals surface area contributed by atoms with E-state index in [1.807, 2.05) is 0 Å². The van der Waals surface area contributed by atoms with Gasteiger partial charge < -0.3 is 9.88 Å². The van der Waals surface area contributed by atoms with Crippen LogP contribution in [0.2, 0.25) is 0 Å². The minimum Gasteiger partial charge on any atom is -0.346 e. The quantitative estimate of drug-likeness (QED) is 0.832. The molecule has 0 radical (unpaired) electrons. The van der Waals surface area contributed by atoms with Crippen molar-refractivity contribution in [3.8, 4) is 0 Å². The van der Waals surface area contributed by atoms with E-state index in [-0.39, 0.29) is 0 Å². The van der Waals surface area contributed by atoms with Gasteiger partial charge in [-0.05, 0) is 62.6 Å². The zero-order chi connectivity index (χ0) is 14.5. The second kappa shape index (κ2) is 6.76. The third kappa shape index (κ3) is 3.51. The van der Waals surface area contributed by atoms with Crippen molar-refractivity contribution in [2.75, 3.05) is 6.54 Å². The van der Waals surface area contributed by atoms with Crippen LogP contribution in [0.4, 0.5) is 0 Å². The first kappa shape index (κ1) is 14.9. The van der Waals surface area contributed by atoms with E-state index in [2.05, 4.69) is 74.1 Å². The summed E-state index contributed by atoms with van der Waals surface area (Å²) in [5.41, 5.74) is 5.46. The average molecular weight is 270 g/mol. The first-order valence-corrected chi connectivity index (χ1v) is 7.56. The second-order valence-corrected chi connectivity index (χ2v) is 5.66. The van der Waals surface area contributed by atoms with Gasteiger partial charge in [-0.1, -0.05) is 25.1 Å². The minimum atomic E-state index is 0.400. The van der Waals surface area contributed by atoms with Crippen molar-refractivity contribution in [1.82, 2.24) is 9.88 Å². The van der Waals surface area contributed by atoms with Crippen LogP contribution in [0.3, 0.4) is 0 Å². The molecule has 0 fully saturated rings. The van der Waals surface area contributed by atoms with Crippen LogP contribution in [0.5, 0.6) is 0 Å². The maximum atomic E-state index is 3.56. The Labute approximate surface area is 122 Å². The Morgan fingerprint density at radius 2 is 1.95 bits per heavy atom. The Morgan fingerprint density at radius 3 is 2.65 bits per heavy atom. The number of hydrogen-bond donors (Lipinski definition) is 1. The SMILES string of the molecule is CCCNC(C)c1cccn1Cc1ccc(C)c(C)c1. The van der Waals surface area contributed by atoms with Crippen LogP contribution in [0.15, 0.2) is 36.5 Å². The topological polar surface area (TPSA) is 17.0 Å². The molecule has 1 N–H and O–H groups in total. The third-order valence-electron chi connectivity index (χ3n) is 3.93. The van der Waals surface area contributed by atoms with Crippen molar-refractivity contribution in [3.05, 3.63) is 58.9 Å². The number of aryl methyl sites for hydroxylation is 2. The number of aromatic nitrogens is 1. The molecule has 0 amide bonds. The number of benzene rings is 1. The molecular formula is C18H26N2. The molecule has 0 spiro atoms. The zero-order valence-electron chi connectivity index (χ0n) is 13.1. The predicted octanol–water partition coefficient (Wildman–Crippen LogP) is 4.21. The van der Waals surface area contributed by atoms with E-state index in [0.29, 0.717) is 6.04 Å². The molecule has 20 heavy (non-hydrogen) atoms. The summed E-state index contributed by atoms with van der Waals surface area (Å²) in [7, 11) is 0. The van der Waals surface area contributed by atoms with Crippen LogP contribution < -0.4 is 5.32 Å². The Balaban J connectivity index is 2.13. The van der Waals surface area contributed by atoms with E-state index in [1.54, 1.807) is 0 Å². The summed E-state index contributed by atoms with van der Waals surface area (Å²) in [5, 5.41) is 3.56. The first-order valence-electron chi connectivity index (χ1n) is 7.56. The van der Waals surface area contributed by atoms with E-state index in [4.69, 9.17) is 0 Å². The van der Waals surface area contributed by atoms with Crippen molar-refractivity contribution >= 4 is 0 Å². The van der Waals surface area contributed by atoms with Crippen molar-refractivity contribution in [3.63, 3.8) is 0 Å². The van der Waals surface area contributed by atoms with Gasteiger partial charge in [0, 0.05) is 24.5 Å². The highest BCUT2D eigenvalue weighted by Gasteiger charge is 2.09. The minimum absolute atomic E-state index is 0.400. The van der Waals surface area contributed by atoms with Gasteiger partial charge >= 0.3 is 0 Å². The molecular weight excluding hydrogens is 244 g/mol. The summed E-state index contributed by atoms with van der Waals surface area (Å²) in [6.07, 6.45) is 3.34. The van der Waals surface area contributed by atoms with Crippen LogP contribution in [0, 0.1) is 13.8 Å². The van der Waals surface area contributed by atoms with E-state index < -0.39 is 0 Å². The van der Waals surface area contributed by atoms with E-state index in [0.717, 1.165) is 13.1 Å². The normalized spacial score (nSPS) is 12.6. The molecule has 0 saturated heterocycles. The van der Waals surface area contributed by atoms with Crippen LogP contribution >= 0.6 is 0 Å². The lowest BCUT2D eigenvalue weighted by Crippen LogP contribution is -2.22. The molecule has 2 aromatic rings. The summed E-state index contributed by atoms with van der Waals surface area (Å²) >= 11 is 0. The maximum Gasteiger partial charge on any atom is 0.0473 e. The summed E-state index contributed by atoms with van der Waals surface area (Å²) < 4.78 is 2.34. The molecule has 1 unspecified atom stereocenters. The van der Waals surface area contributed by atoms with E-state index >= 15 is 0 Å². The lowest BCUT2D eigenvalue weighted by Gasteiger charge is -2.17. The molecule has 2 rings (SSSR count). The maximum absolute atomic E-state index is 3.56. The molecule has 108 valence electrons. The van der Waals surface area contributed by atoms with Crippen molar-refractivity contribution in [2.24, 2.45) is 0 Å². The van der Waals surface area contributed by atoms with Gasteiger partial charge in [0.1, 0.15) is 0 Å². The number of rotatable bonds is 6. The predicted molar refractivity (Wildman–Crippen MR) is 86.2 cm³/mol. The Morgan fingerprint density at radius 1 is 1.15 bits per heavy atom. The van der Waals surface area contributed by atoms with Crippen LogP contribution in [-0.4, -0.2) is 11.1 Å². The Kier molecular flexibility index (Phi) is 5.02. The monoisotopic (exact) mass is 270 g/mol. The molecule has 0 aliphatic rings. The lowest BCUT2D eigenvalue weighted by molar-refractivity contribution is 0.534. The molecule has 2 heteroatoms. The molecule has 0 saturated carbocycles. The van der Waals surface area contributed by atoms with Crippen LogP contribution in [-0.2, 0) is 6.54 Å². The van der Waals surface area contributed by atoms with Gasteiger partial charge in [0.15, 0.2) is 0 Å². The van der Waals surface area contributed by atoms with Gasteiger partial charge in [0.05, 0.1) is 0 Å². The van der Waals surface area contributed by atoms with Crippen LogP contribution in [0.25, 0.3) is 0 Å². The molecule has 0 aliphatic carbocycles. The molecule has 0 aliphatic heterocycles. The lowest BCUT2D eigenvalue weighted by atomic mass is 10.1. The second-order valence-electron chi connectivity index (χ2n) is 5.66. The van der Waals surface area contributed by atoms with Gasteiger partial charge in [-0.15, -0.1) is 0 Å². The van der Waals surface area contributed by atoms with E-state index in [1.165, 1.54) is 28.8 Å². The Hall–Kier alpha value is -1.54. The molecule has 1 atom stereocenters. The molecule has 1 aromatic heterocycles. The largest absolute Gasteiger partial charge is 0.346 e. The number of hydrogen-bond acceptors (Lipinski definition) is 1. The summed E-state index contributed by atoms with van der Waals surface area (Å²) in [6, 6.07) is 11.5. The van der Waals surface area contributed by atoms with Gasteiger partial charge in [0.2, 0.25) is 0 Å². The first-order chi connectivity index (χ1) is 9.61. The Bertz CT molecular complexity index is 554. The highest BCUT2D eigenvalue weighted by Crippen LogP contribution is 2.17. The fourth-order valence-electron chi connectivity index (χ4n) is 2.53. The van der Waals surface area contributed by atoms with E-state index in [9.17, 15) is 0 Å². The fourth-order valence-corrected chi connectivity index (χ4v) is 2.53. The van der Waals surface area contributed by atoms with Gasteiger partial charge in [-0.25, -0.2) is 0 Å². The van der Waals surface area contributed by atoms with Crippen LogP contribution in [0.1, 0.15) is 48.7 Å². The van der Waals surface area contributed by atoms with Crippen molar-refractivity contribution in [2.45, 2.75) is 46.7 Å². The number of nitrogens with zero attached hydrogens (tertiary/aromatic N) is 1. The molecule has 1 heterocycles. The van der Waals surface area contributed by atoms with Crippen molar-refractivity contribution in [1.29, 1.82) is 0 Å². The summed E-state index contributed by atoms with van der Waals surface area (Å²) in [5.74, 6) is 0. The summed E-state index contributed by atoms with van der Waals surface area (Å²) in [4.78, 5) is 0. The smallest absolute Gasteiger partial charge is 0.0473 e. The molecule has 0 bridgehead atoms. The number of nitrogens with one attached hydrogen (secondary N) is 1. The highest BCUT2D eigenvalue weighted by atomic mass is 15.0. The zero-order valence-corrected chi connectivity index (χ0v) is 13.1. The van der Waals surface area contributed by atoms with Crippen molar-refractivity contribution < 1.29 is 0 Å². The van der Waals surface area contributed by atoms with Gasteiger partial charge in [0.25, 0.3) is 0 Å². The summed E-state index contributed by atoms with van der Waals surface area (Å²) in [6.45, 7) is 10.8. The fraction of sp³-hybridized carbons (Fsp3) is 0.444. The third-order valence-corrected chi connectivity index (χ3v) is 3.93. The molecule has 1 aromatic carbocycles. The average Bonchev–Trinajstić information content (AvgIpc) is 2.88. The van der Waals surface area contributed by atoms with Gasteiger partial charge in [-0.2, -0.15) is 0 Å².